The van der Waals surface area contributed by atoms with Crippen LogP contribution in [0.25, 0.3) is 11.4 Å². The lowest BCUT2D eigenvalue weighted by molar-refractivity contribution is -0.384. The molecular weight excluding hydrogens is 383 g/mol. The predicted molar refractivity (Wildman–Crippen MR) is 90.0 cm³/mol. The molecule has 0 bridgehead atoms. The lowest BCUT2D eigenvalue weighted by Gasteiger charge is -2.10. The van der Waals surface area contributed by atoms with Crippen molar-refractivity contribution in [3.63, 3.8) is 0 Å². The lowest BCUT2D eigenvalue weighted by atomic mass is 10.1. The molecule has 1 aromatic carbocycles. The van der Waals surface area contributed by atoms with Crippen molar-refractivity contribution in [1.29, 1.82) is 0 Å². The van der Waals surface area contributed by atoms with E-state index in [4.69, 9.17) is 5.73 Å². The molecule has 0 aliphatic heterocycles. The van der Waals surface area contributed by atoms with E-state index >= 15 is 0 Å². The van der Waals surface area contributed by atoms with Gasteiger partial charge in [0.05, 0.1) is 14.2 Å². The maximum absolute atomic E-state index is 10.9. The number of nitrogens with two attached hydrogens (primary N) is 1. The summed E-state index contributed by atoms with van der Waals surface area (Å²) in [7, 11) is 0. The number of non-ortho nitro benzene ring substituents is 1. The minimum absolute atomic E-state index is 0.0216. The van der Waals surface area contributed by atoms with Crippen molar-refractivity contribution >= 4 is 34.1 Å². The Bertz CT molecular complexity index is 704. The third-order valence-corrected chi connectivity index (χ3v) is 4.28. The summed E-state index contributed by atoms with van der Waals surface area (Å²) in [4.78, 5) is 19.3. The fourth-order valence-electron chi connectivity index (χ4n) is 2.00. The Balaban J connectivity index is 2.61. The highest BCUT2D eigenvalue weighted by molar-refractivity contribution is 14.1. The van der Waals surface area contributed by atoms with E-state index < -0.39 is 4.92 Å². The summed E-state index contributed by atoms with van der Waals surface area (Å²) in [6, 6.07) is 4.67. The largest absolute Gasteiger partial charge is 0.383 e. The highest BCUT2D eigenvalue weighted by Crippen LogP contribution is 2.28. The van der Waals surface area contributed by atoms with Crippen LogP contribution < -0.4 is 5.73 Å². The van der Waals surface area contributed by atoms with E-state index in [1.807, 2.05) is 6.92 Å². The number of rotatable bonds is 4. The average molecular weight is 398 g/mol. The maximum atomic E-state index is 10.9. The molecule has 2 N–H and O–H groups in total. The average Bonchev–Trinajstić information content (AvgIpc) is 2.44. The van der Waals surface area contributed by atoms with Crippen molar-refractivity contribution in [3.05, 3.63) is 43.1 Å². The summed E-state index contributed by atoms with van der Waals surface area (Å²) in [5.41, 5.74) is 8.37. The number of nitrogens with zero attached hydrogens (tertiary/aromatic N) is 3. The molecule has 0 radical (unpaired) electrons. The van der Waals surface area contributed by atoms with E-state index in [-0.39, 0.29) is 5.69 Å². The number of hydrogen-bond donors (Lipinski definition) is 1. The molecule has 0 aliphatic rings. The van der Waals surface area contributed by atoms with Crippen molar-refractivity contribution < 1.29 is 4.92 Å². The van der Waals surface area contributed by atoms with Crippen LogP contribution in [0.1, 0.15) is 24.6 Å². The monoisotopic (exact) mass is 398 g/mol. The Labute approximate surface area is 136 Å². The summed E-state index contributed by atoms with van der Waals surface area (Å²) >= 11 is 2.13. The van der Waals surface area contributed by atoms with Gasteiger partial charge in [-0.05, 0) is 41.5 Å². The third kappa shape index (κ3) is 3.29. The third-order valence-electron chi connectivity index (χ3n) is 3.11. The van der Waals surface area contributed by atoms with E-state index in [2.05, 4.69) is 39.5 Å². The first-order valence-electron chi connectivity index (χ1n) is 6.51. The van der Waals surface area contributed by atoms with Gasteiger partial charge in [-0.25, -0.2) is 9.97 Å². The Morgan fingerprint density at radius 2 is 2.10 bits per heavy atom. The summed E-state index contributed by atoms with van der Waals surface area (Å²) in [6.45, 7) is 3.93. The highest BCUT2D eigenvalue weighted by atomic mass is 127. The van der Waals surface area contributed by atoms with E-state index in [0.717, 1.165) is 27.7 Å². The lowest BCUT2D eigenvalue weighted by Crippen LogP contribution is -2.05. The number of halogens is 1. The van der Waals surface area contributed by atoms with Crippen molar-refractivity contribution in [3.8, 4) is 11.4 Å². The molecule has 0 aliphatic carbocycles. The standard InChI is InChI=1S/C14H15IN4O2/c1-3-4-11-12(15)13(16)18-14(17-11)10-7-9(19(20)21)6-5-8(10)2/h5-7H,3-4H2,1-2H3,(H2,16,17,18). The van der Waals surface area contributed by atoms with Crippen LogP contribution >= 0.6 is 22.6 Å². The van der Waals surface area contributed by atoms with Crippen LogP contribution in [-0.4, -0.2) is 14.9 Å². The Morgan fingerprint density at radius 1 is 1.38 bits per heavy atom. The summed E-state index contributed by atoms with van der Waals surface area (Å²) in [6.07, 6.45) is 1.74. The number of nitro benzene ring substituents is 1. The van der Waals surface area contributed by atoms with Crippen molar-refractivity contribution in [2.24, 2.45) is 0 Å². The smallest absolute Gasteiger partial charge is 0.270 e. The summed E-state index contributed by atoms with van der Waals surface area (Å²) < 4.78 is 0.848. The van der Waals surface area contributed by atoms with Crippen molar-refractivity contribution in [2.45, 2.75) is 26.7 Å². The molecule has 0 saturated heterocycles. The van der Waals surface area contributed by atoms with Gasteiger partial charge < -0.3 is 5.73 Å². The second-order valence-corrected chi connectivity index (χ2v) is 5.78. The van der Waals surface area contributed by atoms with Crippen molar-refractivity contribution in [2.75, 3.05) is 5.73 Å². The minimum atomic E-state index is -0.425. The van der Waals surface area contributed by atoms with Gasteiger partial charge in [-0.15, -0.1) is 0 Å². The molecule has 0 amide bonds. The van der Waals surface area contributed by atoms with Gasteiger partial charge in [0, 0.05) is 17.7 Å². The number of anilines is 1. The van der Waals surface area contributed by atoms with E-state index in [9.17, 15) is 10.1 Å². The molecule has 2 rings (SSSR count). The second-order valence-electron chi connectivity index (χ2n) is 4.70. The number of nitro groups is 1. The summed E-state index contributed by atoms with van der Waals surface area (Å²) in [5, 5.41) is 10.9. The molecule has 0 atom stereocenters. The molecule has 7 heteroatoms. The molecule has 0 spiro atoms. The van der Waals surface area contributed by atoms with Gasteiger partial charge in [0.2, 0.25) is 0 Å². The van der Waals surface area contributed by atoms with Crippen LogP contribution in [0.3, 0.4) is 0 Å². The number of hydrogen-bond acceptors (Lipinski definition) is 5. The molecule has 0 fully saturated rings. The Kier molecular flexibility index (Phi) is 4.71. The fraction of sp³-hybridized carbons (Fsp3) is 0.286. The number of aryl methyl sites for hydroxylation is 2. The van der Waals surface area contributed by atoms with Gasteiger partial charge in [-0.1, -0.05) is 19.4 Å². The van der Waals surface area contributed by atoms with Crippen LogP contribution in [0.2, 0.25) is 0 Å². The SMILES string of the molecule is CCCc1nc(-c2cc([N+](=O)[O-])ccc2C)nc(N)c1I. The first kappa shape index (κ1) is 15.6. The molecule has 0 saturated carbocycles. The van der Waals surface area contributed by atoms with E-state index in [1.54, 1.807) is 6.07 Å². The molecule has 21 heavy (non-hydrogen) atoms. The van der Waals surface area contributed by atoms with Crippen LogP contribution in [0.15, 0.2) is 18.2 Å². The maximum Gasteiger partial charge on any atom is 0.270 e. The first-order valence-corrected chi connectivity index (χ1v) is 7.59. The topological polar surface area (TPSA) is 94.9 Å². The van der Waals surface area contributed by atoms with Crippen LogP contribution in [0.4, 0.5) is 11.5 Å². The molecule has 110 valence electrons. The number of aromatic nitrogens is 2. The summed E-state index contributed by atoms with van der Waals surface area (Å²) in [5.74, 6) is 0.854. The van der Waals surface area contributed by atoms with Gasteiger partial charge >= 0.3 is 0 Å². The fourth-order valence-corrected chi connectivity index (χ4v) is 2.51. The second kappa shape index (κ2) is 6.33. The van der Waals surface area contributed by atoms with Gasteiger partial charge in [0.25, 0.3) is 5.69 Å². The van der Waals surface area contributed by atoms with Crippen LogP contribution in [0.5, 0.6) is 0 Å². The zero-order valence-corrected chi connectivity index (χ0v) is 13.9. The van der Waals surface area contributed by atoms with Crippen LogP contribution in [0, 0.1) is 20.6 Å². The van der Waals surface area contributed by atoms with E-state index in [0.29, 0.717) is 17.2 Å². The molecular formula is C14H15IN4O2. The molecule has 0 unspecified atom stereocenters. The Morgan fingerprint density at radius 3 is 2.71 bits per heavy atom. The normalized spacial score (nSPS) is 10.6. The quantitative estimate of drug-likeness (QED) is 0.483. The van der Waals surface area contributed by atoms with Crippen LogP contribution in [-0.2, 0) is 6.42 Å². The Hall–Kier alpha value is -1.77. The van der Waals surface area contributed by atoms with Crippen molar-refractivity contribution in [1.82, 2.24) is 9.97 Å². The number of benzene rings is 1. The highest BCUT2D eigenvalue weighted by Gasteiger charge is 2.15. The minimum Gasteiger partial charge on any atom is -0.383 e. The number of nitrogen functional groups attached to an aromatic ring is 1. The molecule has 2 aromatic rings. The van der Waals surface area contributed by atoms with Gasteiger partial charge in [-0.2, -0.15) is 0 Å². The molecule has 1 aromatic heterocycles. The van der Waals surface area contributed by atoms with Gasteiger partial charge in [0.1, 0.15) is 5.82 Å². The predicted octanol–water partition coefficient (Wildman–Crippen LogP) is 3.50. The molecule has 1 heterocycles. The van der Waals surface area contributed by atoms with Gasteiger partial charge in [-0.3, -0.25) is 10.1 Å². The first-order chi connectivity index (χ1) is 9.93. The zero-order chi connectivity index (χ0) is 15.6. The molecule has 6 nitrogen and oxygen atoms in total. The zero-order valence-electron chi connectivity index (χ0n) is 11.8. The van der Waals surface area contributed by atoms with Gasteiger partial charge in [0.15, 0.2) is 5.82 Å². The van der Waals surface area contributed by atoms with E-state index in [1.165, 1.54) is 12.1 Å².